The van der Waals surface area contributed by atoms with E-state index in [4.69, 9.17) is 0 Å². The van der Waals surface area contributed by atoms with Gasteiger partial charge < -0.3 is 4.90 Å². The van der Waals surface area contributed by atoms with Crippen molar-refractivity contribution in [3.05, 3.63) is 41.5 Å². The summed E-state index contributed by atoms with van der Waals surface area (Å²) in [7, 11) is 0. The first-order chi connectivity index (χ1) is 13.3. The zero-order valence-corrected chi connectivity index (χ0v) is 17.7. The molecular weight excluding hydrogens is 375 g/mol. The summed E-state index contributed by atoms with van der Waals surface area (Å²) in [6.07, 6.45) is 5.61. The number of hydrogen-bond acceptors (Lipinski definition) is 4. The molecule has 5 nitrogen and oxygen atoms in total. The van der Waals surface area contributed by atoms with E-state index in [0.29, 0.717) is 17.5 Å². The number of halogens is 1. The molecule has 1 aliphatic rings. The third-order valence-electron chi connectivity index (χ3n) is 5.10. The standard InChI is InChI=1S/C21H29FN4OS/c1-21(2,3)19-23-20(25-24-19)28-14-18(27)26(17-7-5-4-6-8-17)13-15-9-11-16(22)12-10-15/h9-12,17H,4-8,13-14H2,1-3H3,(H,23,24,25). The van der Waals surface area contributed by atoms with E-state index >= 15 is 0 Å². The summed E-state index contributed by atoms with van der Waals surface area (Å²) in [5, 5.41) is 7.80. The number of carbonyl (C=O) groups excluding carboxylic acids is 1. The third kappa shape index (κ3) is 5.56. The Labute approximate surface area is 170 Å². The quantitative estimate of drug-likeness (QED) is 0.709. The summed E-state index contributed by atoms with van der Waals surface area (Å²) in [5.41, 5.74) is 0.852. The largest absolute Gasteiger partial charge is 0.335 e. The molecular formula is C21H29FN4OS. The Kier molecular flexibility index (Phi) is 6.75. The lowest BCUT2D eigenvalue weighted by Gasteiger charge is -2.34. The number of thioether (sulfide) groups is 1. The van der Waals surface area contributed by atoms with Crippen molar-refractivity contribution in [3.8, 4) is 0 Å². The van der Waals surface area contributed by atoms with Gasteiger partial charge in [-0.05, 0) is 30.5 Å². The molecule has 28 heavy (non-hydrogen) atoms. The second-order valence-corrected chi connectivity index (χ2v) is 9.39. The van der Waals surface area contributed by atoms with Gasteiger partial charge >= 0.3 is 0 Å². The van der Waals surface area contributed by atoms with Crippen molar-refractivity contribution in [2.24, 2.45) is 0 Å². The zero-order chi connectivity index (χ0) is 20.1. The van der Waals surface area contributed by atoms with Crippen LogP contribution < -0.4 is 0 Å². The molecule has 1 saturated carbocycles. The van der Waals surface area contributed by atoms with Gasteiger partial charge in [-0.2, -0.15) is 0 Å². The van der Waals surface area contributed by atoms with Crippen molar-refractivity contribution in [3.63, 3.8) is 0 Å². The number of aromatic amines is 1. The summed E-state index contributed by atoms with van der Waals surface area (Å²) in [6, 6.07) is 6.68. The highest BCUT2D eigenvalue weighted by atomic mass is 32.2. The molecule has 1 aromatic heterocycles. The summed E-state index contributed by atoms with van der Waals surface area (Å²) in [5.74, 6) is 0.953. The Morgan fingerprint density at radius 3 is 2.50 bits per heavy atom. The number of nitrogens with zero attached hydrogens (tertiary/aromatic N) is 3. The summed E-state index contributed by atoms with van der Waals surface area (Å²) in [4.78, 5) is 19.5. The number of carbonyl (C=O) groups is 1. The number of amides is 1. The Balaban J connectivity index is 1.67. The van der Waals surface area contributed by atoms with Crippen LogP contribution in [0.25, 0.3) is 0 Å². The summed E-state index contributed by atoms with van der Waals surface area (Å²) in [6.45, 7) is 6.73. The zero-order valence-electron chi connectivity index (χ0n) is 16.9. The topological polar surface area (TPSA) is 61.9 Å². The number of hydrogen-bond donors (Lipinski definition) is 1. The maximum atomic E-state index is 13.2. The molecule has 0 saturated heterocycles. The fourth-order valence-electron chi connectivity index (χ4n) is 3.46. The molecule has 1 amide bonds. The number of nitrogens with one attached hydrogen (secondary N) is 1. The van der Waals surface area contributed by atoms with E-state index in [1.807, 2.05) is 4.90 Å². The number of rotatable bonds is 6. The molecule has 1 aliphatic carbocycles. The first-order valence-electron chi connectivity index (χ1n) is 9.92. The summed E-state index contributed by atoms with van der Waals surface area (Å²) >= 11 is 1.37. The molecule has 0 radical (unpaired) electrons. The summed E-state index contributed by atoms with van der Waals surface area (Å²) < 4.78 is 13.2. The van der Waals surface area contributed by atoms with E-state index in [9.17, 15) is 9.18 Å². The molecule has 0 spiro atoms. The van der Waals surface area contributed by atoms with Gasteiger partial charge in [-0.3, -0.25) is 9.89 Å². The molecule has 7 heteroatoms. The Bertz CT molecular complexity index is 778. The molecule has 2 aromatic rings. The van der Waals surface area contributed by atoms with Gasteiger partial charge in [0, 0.05) is 18.0 Å². The van der Waals surface area contributed by atoms with Crippen LogP contribution in [0.1, 0.15) is 64.3 Å². The molecule has 1 heterocycles. The van der Waals surface area contributed by atoms with Gasteiger partial charge in [0.15, 0.2) is 0 Å². The molecule has 0 aliphatic heterocycles. The van der Waals surface area contributed by atoms with Gasteiger partial charge in [0.25, 0.3) is 0 Å². The minimum atomic E-state index is -0.255. The highest BCUT2D eigenvalue weighted by molar-refractivity contribution is 7.99. The van der Waals surface area contributed by atoms with Crippen molar-refractivity contribution in [2.45, 2.75) is 76.0 Å². The van der Waals surface area contributed by atoms with Gasteiger partial charge in [0.05, 0.1) is 5.75 Å². The highest BCUT2D eigenvalue weighted by Crippen LogP contribution is 2.26. The average molecular weight is 405 g/mol. The normalized spacial score (nSPS) is 15.6. The lowest BCUT2D eigenvalue weighted by molar-refractivity contribution is -0.132. The van der Waals surface area contributed by atoms with Crippen LogP contribution in [0.15, 0.2) is 29.4 Å². The predicted molar refractivity (Wildman–Crippen MR) is 110 cm³/mol. The van der Waals surface area contributed by atoms with E-state index in [1.54, 1.807) is 12.1 Å². The average Bonchev–Trinajstić information content (AvgIpc) is 3.16. The van der Waals surface area contributed by atoms with E-state index in [0.717, 1.165) is 37.1 Å². The Morgan fingerprint density at radius 2 is 1.89 bits per heavy atom. The van der Waals surface area contributed by atoms with E-state index in [1.165, 1.54) is 30.3 Å². The first kappa shape index (κ1) is 20.8. The number of aromatic nitrogens is 3. The second-order valence-electron chi connectivity index (χ2n) is 8.45. The van der Waals surface area contributed by atoms with Gasteiger partial charge in [-0.1, -0.05) is 63.9 Å². The van der Waals surface area contributed by atoms with E-state index in [2.05, 4.69) is 36.0 Å². The van der Waals surface area contributed by atoms with Gasteiger partial charge in [-0.25, -0.2) is 9.37 Å². The van der Waals surface area contributed by atoms with Gasteiger partial charge in [0.1, 0.15) is 11.6 Å². The van der Waals surface area contributed by atoms with Crippen molar-refractivity contribution in [1.29, 1.82) is 0 Å². The molecule has 1 fully saturated rings. The minimum Gasteiger partial charge on any atom is -0.335 e. The maximum absolute atomic E-state index is 13.2. The van der Waals surface area contributed by atoms with E-state index < -0.39 is 0 Å². The van der Waals surface area contributed by atoms with Crippen molar-refractivity contribution in [2.75, 3.05) is 5.75 Å². The monoisotopic (exact) mass is 404 g/mol. The fraction of sp³-hybridized carbons (Fsp3) is 0.571. The molecule has 152 valence electrons. The molecule has 3 rings (SSSR count). The van der Waals surface area contributed by atoms with Crippen LogP contribution in [0, 0.1) is 5.82 Å². The SMILES string of the molecule is CC(C)(C)c1nc(SCC(=O)N(Cc2ccc(F)cc2)C2CCCCC2)n[nH]1. The van der Waals surface area contributed by atoms with Crippen LogP contribution in [0.3, 0.4) is 0 Å². The van der Waals surface area contributed by atoms with Crippen LogP contribution in [0.2, 0.25) is 0 Å². The molecule has 1 aromatic carbocycles. The van der Waals surface area contributed by atoms with Crippen molar-refractivity contribution < 1.29 is 9.18 Å². The van der Waals surface area contributed by atoms with Gasteiger partial charge in [-0.15, -0.1) is 5.10 Å². The minimum absolute atomic E-state index is 0.0864. The van der Waals surface area contributed by atoms with Crippen LogP contribution in [-0.4, -0.2) is 37.8 Å². The van der Waals surface area contributed by atoms with Gasteiger partial charge in [0.2, 0.25) is 11.1 Å². The molecule has 0 atom stereocenters. The van der Waals surface area contributed by atoms with Crippen LogP contribution in [0.5, 0.6) is 0 Å². The highest BCUT2D eigenvalue weighted by Gasteiger charge is 2.26. The molecule has 0 bridgehead atoms. The molecule has 1 N–H and O–H groups in total. The van der Waals surface area contributed by atoms with Crippen LogP contribution >= 0.6 is 11.8 Å². The predicted octanol–water partition coefficient (Wildman–Crippen LogP) is 4.69. The lowest BCUT2D eigenvalue weighted by atomic mass is 9.94. The van der Waals surface area contributed by atoms with Crippen LogP contribution in [-0.2, 0) is 16.8 Å². The van der Waals surface area contributed by atoms with Crippen LogP contribution in [0.4, 0.5) is 4.39 Å². The third-order valence-corrected chi connectivity index (χ3v) is 5.93. The second kappa shape index (κ2) is 9.07. The number of benzene rings is 1. The Hall–Kier alpha value is -1.89. The van der Waals surface area contributed by atoms with Crippen molar-refractivity contribution >= 4 is 17.7 Å². The molecule has 0 unspecified atom stereocenters. The lowest BCUT2D eigenvalue weighted by Crippen LogP contribution is -2.41. The first-order valence-corrected chi connectivity index (χ1v) is 10.9. The smallest absolute Gasteiger partial charge is 0.233 e. The number of H-pyrrole nitrogens is 1. The van der Waals surface area contributed by atoms with E-state index in [-0.39, 0.29) is 23.2 Å². The fourth-order valence-corrected chi connectivity index (χ4v) is 4.14. The van der Waals surface area contributed by atoms with Crippen molar-refractivity contribution in [1.82, 2.24) is 20.1 Å². The maximum Gasteiger partial charge on any atom is 0.233 e. The Morgan fingerprint density at radius 1 is 1.21 bits per heavy atom.